The number of nitrogens with one attached hydrogen (secondary N) is 1. The molecule has 0 aliphatic carbocycles. The topological polar surface area (TPSA) is 104 Å². The lowest BCUT2D eigenvalue weighted by atomic mass is 10.2. The molecule has 0 bridgehead atoms. The Bertz CT molecular complexity index is 880. The van der Waals surface area contributed by atoms with E-state index in [0.29, 0.717) is 5.69 Å². The van der Waals surface area contributed by atoms with Crippen LogP contribution in [-0.4, -0.2) is 38.5 Å². The van der Waals surface area contributed by atoms with Crippen LogP contribution in [0.2, 0.25) is 0 Å². The number of aryl methyl sites for hydroxylation is 1. The zero-order chi connectivity index (χ0) is 19.9. The second kappa shape index (κ2) is 9.18. The summed E-state index contributed by atoms with van der Waals surface area (Å²) in [7, 11) is -3.84. The summed E-state index contributed by atoms with van der Waals surface area (Å²) >= 11 is 0. The van der Waals surface area contributed by atoms with Gasteiger partial charge in [-0.25, -0.2) is 8.42 Å². The number of para-hydroxylation sites is 1. The zero-order valence-electron chi connectivity index (χ0n) is 15.0. The summed E-state index contributed by atoms with van der Waals surface area (Å²) in [6, 6.07) is 15.0. The van der Waals surface area contributed by atoms with Gasteiger partial charge in [-0.15, -0.1) is 0 Å². The molecule has 0 spiro atoms. The van der Waals surface area contributed by atoms with Gasteiger partial charge in [-0.2, -0.15) is 0 Å². The fourth-order valence-electron chi connectivity index (χ4n) is 2.42. The standard InChI is InChI=1S/C19H22N2O5S/c1-15-7-9-17(10-8-15)27(25,26)21(16-5-3-2-4-6-16)14-12-18(22)20-13-11-19(23)24/h2-10H,11-14H2,1H3,(H,20,22)(H,23,24). The number of carboxylic acids is 1. The van der Waals surface area contributed by atoms with Gasteiger partial charge < -0.3 is 10.4 Å². The molecule has 2 rings (SSSR count). The second-order valence-corrected chi connectivity index (χ2v) is 7.83. The Morgan fingerprint density at radius 3 is 2.22 bits per heavy atom. The van der Waals surface area contributed by atoms with Gasteiger partial charge >= 0.3 is 5.97 Å². The SMILES string of the molecule is Cc1ccc(S(=O)(=O)N(CCC(=O)NCCC(=O)O)c2ccccc2)cc1. The number of hydrogen-bond acceptors (Lipinski definition) is 4. The first-order valence-corrected chi connectivity index (χ1v) is 9.87. The second-order valence-electron chi connectivity index (χ2n) is 5.97. The van der Waals surface area contributed by atoms with Gasteiger partial charge in [0.2, 0.25) is 5.91 Å². The van der Waals surface area contributed by atoms with Crippen molar-refractivity contribution < 1.29 is 23.1 Å². The predicted molar refractivity (Wildman–Crippen MR) is 102 cm³/mol. The molecular formula is C19H22N2O5S. The average Bonchev–Trinajstić information content (AvgIpc) is 2.62. The zero-order valence-corrected chi connectivity index (χ0v) is 15.8. The third-order valence-corrected chi connectivity index (χ3v) is 5.70. The number of sulfonamides is 1. The van der Waals surface area contributed by atoms with Crippen LogP contribution >= 0.6 is 0 Å². The Morgan fingerprint density at radius 1 is 1.00 bits per heavy atom. The number of benzene rings is 2. The molecule has 0 unspecified atom stereocenters. The first-order chi connectivity index (χ1) is 12.8. The van der Waals surface area contributed by atoms with Gasteiger partial charge in [0.25, 0.3) is 10.0 Å². The monoisotopic (exact) mass is 390 g/mol. The lowest BCUT2D eigenvalue weighted by Crippen LogP contribution is -2.35. The predicted octanol–water partition coefficient (Wildman–Crippen LogP) is 2.17. The fraction of sp³-hybridized carbons (Fsp3) is 0.263. The number of aliphatic carboxylic acids is 1. The quantitative estimate of drug-likeness (QED) is 0.683. The van der Waals surface area contributed by atoms with Crippen molar-refractivity contribution >= 4 is 27.6 Å². The molecule has 0 saturated heterocycles. The van der Waals surface area contributed by atoms with E-state index in [-0.39, 0.29) is 30.8 Å². The van der Waals surface area contributed by atoms with E-state index in [1.165, 1.54) is 16.4 Å². The van der Waals surface area contributed by atoms with Crippen molar-refractivity contribution in [2.75, 3.05) is 17.4 Å². The minimum absolute atomic E-state index is 0.00418. The van der Waals surface area contributed by atoms with E-state index in [1.807, 2.05) is 6.92 Å². The molecule has 2 aromatic carbocycles. The third-order valence-electron chi connectivity index (χ3n) is 3.86. The van der Waals surface area contributed by atoms with Crippen molar-refractivity contribution in [3.63, 3.8) is 0 Å². The molecule has 0 saturated carbocycles. The maximum atomic E-state index is 13.1. The highest BCUT2D eigenvalue weighted by atomic mass is 32.2. The number of amides is 1. The summed E-state index contributed by atoms with van der Waals surface area (Å²) in [5.41, 5.74) is 1.40. The number of rotatable bonds is 9. The van der Waals surface area contributed by atoms with E-state index in [9.17, 15) is 18.0 Å². The number of carbonyl (C=O) groups is 2. The number of carbonyl (C=O) groups excluding carboxylic acids is 1. The van der Waals surface area contributed by atoms with Gasteiger partial charge in [-0.1, -0.05) is 35.9 Å². The molecule has 1 amide bonds. The van der Waals surface area contributed by atoms with Crippen LogP contribution in [0.25, 0.3) is 0 Å². The van der Waals surface area contributed by atoms with Crippen LogP contribution in [-0.2, 0) is 19.6 Å². The summed E-state index contributed by atoms with van der Waals surface area (Å²) < 4.78 is 27.3. The summed E-state index contributed by atoms with van der Waals surface area (Å²) in [4.78, 5) is 22.6. The Balaban J connectivity index is 2.18. The number of carboxylic acid groups (broad SMARTS) is 1. The van der Waals surface area contributed by atoms with Crippen molar-refractivity contribution in [3.8, 4) is 0 Å². The first-order valence-electron chi connectivity index (χ1n) is 8.43. The average molecular weight is 390 g/mol. The molecule has 0 atom stereocenters. The van der Waals surface area contributed by atoms with Crippen molar-refractivity contribution in [1.82, 2.24) is 5.32 Å². The molecule has 144 valence electrons. The Hall–Kier alpha value is -2.87. The molecule has 2 N–H and O–H groups in total. The van der Waals surface area contributed by atoms with Gasteiger partial charge in [-0.05, 0) is 31.2 Å². The van der Waals surface area contributed by atoms with Crippen LogP contribution in [0.3, 0.4) is 0 Å². The lowest BCUT2D eigenvalue weighted by molar-refractivity contribution is -0.136. The molecule has 7 nitrogen and oxygen atoms in total. The molecule has 0 aliphatic rings. The summed E-state index contributed by atoms with van der Waals surface area (Å²) in [6.45, 7) is 1.82. The van der Waals surface area contributed by atoms with Gasteiger partial charge in [-0.3, -0.25) is 13.9 Å². The molecule has 0 heterocycles. The van der Waals surface area contributed by atoms with E-state index in [1.54, 1.807) is 42.5 Å². The highest BCUT2D eigenvalue weighted by Crippen LogP contribution is 2.24. The van der Waals surface area contributed by atoms with Crippen LogP contribution in [0.15, 0.2) is 59.5 Å². The molecule has 8 heteroatoms. The Labute approximate surface area is 158 Å². The van der Waals surface area contributed by atoms with Crippen LogP contribution in [0.4, 0.5) is 5.69 Å². The van der Waals surface area contributed by atoms with Gasteiger partial charge in [0.1, 0.15) is 0 Å². The molecule has 0 aliphatic heterocycles. The minimum atomic E-state index is -3.84. The number of hydrogen-bond donors (Lipinski definition) is 2. The van der Waals surface area contributed by atoms with E-state index < -0.39 is 21.9 Å². The van der Waals surface area contributed by atoms with Gasteiger partial charge in [0.05, 0.1) is 17.0 Å². The van der Waals surface area contributed by atoms with Gasteiger partial charge in [0, 0.05) is 19.5 Å². The molecule has 27 heavy (non-hydrogen) atoms. The summed E-state index contributed by atoms with van der Waals surface area (Å²) in [5.74, 6) is -1.42. The van der Waals surface area contributed by atoms with Crippen molar-refractivity contribution in [2.45, 2.75) is 24.7 Å². The van der Waals surface area contributed by atoms with E-state index in [0.717, 1.165) is 5.56 Å². The normalized spacial score (nSPS) is 11.0. The van der Waals surface area contributed by atoms with Crippen molar-refractivity contribution in [2.24, 2.45) is 0 Å². The number of anilines is 1. The van der Waals surface area contributed by atoms with Crippen LogP contribution in [0, 0.1) is 6.92 Å². The smallest absolute Gasteiger partial charge is 0.305 e. The molecular weight excluding hydrogens is 368 g/mol. The summed E-state index contributed by atoms with van der Waals surface area (Å²) in [6.07, 6.45) is -0.268. The maximum absolute atomic E-state index is 13.1. The molecule has 2 aromatic rings. The van der Waals surface area contributed by atoms with E-state index in [2.05, 4.69) is 5.32 Å². The number of nitrogens with zero attached hydrogens (tertiary/aromatic N) is 1. The first kappa shape index (κ1) is 20.4. The van der Waals surface area contributed by atoms with Crippen molar-refractivity contribution in [3.05, 3.63) is 60.2 Å². The largest absolute Gasteiger partial charge is 0.481 e. The third kappa shape index (κ3) is 5.82. The highest BCUT2D eigenvalue weighted by Gasteiger charge is 2.25. The maximum Gasteiger partial charge on any atom is 0.305 e. The van der Waals surface area contributed by atoms with E-state index >= 15 is 0 Å². The Morgan fingerprint density at radius 2 is 1.63 bits per heavy atom. The van der Waals surface area contributed by atoms with Crippen LogP contribution in [0.5, 0.6) is 0 Å². The molecule has 0 fully saturated rings. The Kier molecular flexibility index (Phi) is 6.95. The highest BCUT2D eigenvalue weighted by molar-refractivity contribution is 7.92. The lowest BCUT2D eigenvalue weighted by Gasteiger charge is -2.24. The minimum Gasteiger partial charge on any atom is -0.481 e. The van der Waals surface area contributed by atoms with Gasteiger partial charge in [0.15, 0.2) is 0 Å². The van der Waals surface area contributed by atoms with Crippen molar-refractivity contribution in [1.29, 1.82) is 0 Å². The molecule has 0 aromatic heterocycles. The summed E-state index contributed by atoms with van der Waals surface area (Å²) in [5, 5.41) is 11.1. The van der Waals surface area contributed by atoms with Crippen LogP contribution in [0.1, 0.15) is 18.4 Å². The van der Waals surface area contributed by atoms with E-state index in [4.69, 9.17) is 5.11 Å². The molecule has 0 radical (unpaired) electrons. The fourth-order valence-corrected chi connectivity index (χ4v) is 3.89. The van der Waals surface area contributed by atoms with Crippen LogP contribution < -0.4 is 9.62 Å².